The third-order valence-corrected chi connectivity index (χ3v) is 3.26. The van der Waals surface area contributed by atoms with E-state index in [0.717, 1.165) is 17.7 Å². The summed E-state index contributed by atoms with van der Waals surface area (Å²) in [6.07, 6.45) is -3.35. The summed E-state index contributed by atoms with van der Waals surface area (Å²) in [5.41, 5.74) is 2.24. The lowest BCUT2D eigenvalue weighted by Gasteiger charge is -2.09. The molecular weight excluding hydrogens is 347 g/mol. The molecule has 0 aromatic heterocycles. The normalized spacial score (nSPS) is 11.3. The molecule has 2 amide bonds. The van der Waals surface area contributed by atoms with Gasteiger partial charge in [-0.25, -0.2) is 5.43 Å². The summed E-state index contributed by atoms with van der Waals surface area (Å²) in [6.45, 7) is 0. The van der Waals surface area contributed by atoms with E-state index in [9.17, 15) is 22.8 Å². The second-order valence-electron chi connectivity index (χ2n) is 5.33. The second kappa shape index (κ2) is 8.80. The maximum absolute atomic E-state index is 12.6. The standard InChI is InChI=1S/C18H16F3N3O2/c19-18(20,21)14-7-4-8-15(11-14)23-16(25)9-10-17(26)24-22-12-13-5-2-1-3-6-13/h1-8,11-12H,9-10H2,(H,23,25)(H,24,26). The SMILES string of the molecule is O=C(CCC(=O)Nc1cccc(C(F)(F)F)c1)NN=Cc1ccccc1. The zero-order chi connectivity index (χ0) is 19.0. The monoisotopic (exact) mass is 363 g/mol. The van der Waals surface area contributed by atoms with Gasteiger partial charge in [-0.2, -0.15) is 18.3 Å². The van der Waals surface area contributed by atoms with E-state index in [0.29, 0.717) is 0 Å². The van der Waals surface area contributed by atoms with Gasteiger partial charge in [-0.1, -0.05) is 36.4 Å². The number of hydrogen-bond donors (Lipinski definition) is 2. The summed E-state index contributed by atoms with van der Waals surface area (Å²) >= 11 is 0. The van der Waals surface area contributed by atoms with Gasteiger partial charge in [0.2, 0.25) is 11.8 Å². The van der Waals surface area contributed by atoms with Crippen LogP contribution in [0.4, 0.5) is 18.9 Å². The Balaban J connectivity index is 1.78. The molecule has 0 unspecified atom stereocenters. The first kappa shape index (κ1) is 19.2. The highest BCUT2D eigenvalue weighted by Crippen LogP contribution is 2.30. The van der Waals surface area contributed by atoms with Crippen LogP contribution in [-0.4, -0.2) is 18.0 Å². The van der Waals surface area contributed by atoms with Crippen molar-refractivity contribution in [3.8, 4) is 0 Å². The van der Waals surface area contributed by atoms with Crippen LogP contribution < -0.4 is 10.7 Å². The quantitative estimate of drug-likeness (QED) is 0.608. The molecule has 0 aliphatic carbocycles. The molecule has 0 radical (unpaired) electrons. The van der Waals surface area contributed by atoms with Gasteiger partial charge in [0, 0.05) is 18.5 Å². The first-order chi connectivity index (χ1) is 12.3. The Hall–Kier alpha value is -3.16. The molecule has 136 valence electrons. The Morgan fingerprint density at radius 1 is 0.962 bits per heavy atom. The number of nitrogens with zero attached hydrogens (tertiary/aromatic N) is 1. The molecule has 0 aliphatic heterocycles. The fourth-order valence-corrected chi connectivity index (χ4v) is 2.00. The van der Waals surface area contributed by atoms with Crippen LogP contribution in [0.25, 0.3) is 0 Å². The van der Waals surface area contributed by atoms with E-state index >= 15 is 0 Å². The maximum atomic E-state index is 12.6. The van der Waals surface area contributed by atoms with Gasteiger partial charge in [0.1, 0.15) is 0 Å². The number of benzene rings is 2. The Morgan fingerprint density at radius 2 is 1.65 bits per heavy atom. The highest BCUT2D eigenvalue weighted by molar-refractivity contribution is 5.93. The van der Waals surface area contributed by atoms with Crippen LogP contribution in [0.15, 0.2) is 59.7 Å². The van der Waals surface area contributed by atoms with Crippen LogP contribution in [0.5, 0.6) is 0 Å². The Labute approximate surface area is 147 Å². The van der Waals surface area contributed by atoms with Crippen molar-refractivity contribution in [1.29, 1.82) is 0 Å². The fourth-order valence-electron chi connectivity index (χ4n) is 2.00. The van der Waals surface area contributed by atoms with Crippen molar-refractivity contribution in [3.05, 3.63) is 65.7 Å². The summed E-state index contributed by atoms with van der Waals surface area (Å²) in [6, 6.07) is 13.4. The highest BCUT2D eigenvalue weighted by atomic mass is 19.4. The molecule has 0 bridgehead atoms. The minimum atomic E-state index is -4.49. The van der Waals surface area contributed by atoms with Gasteiger partial charge in [0.15, 0.2) is 0 Å². The van der Waals surface area contributed by atoms with Crippen LogP contribution in [0.1, 0.15) is 24.0 Å². The predicted molar refractivity (Wildman–Crippen MR) is 91.5 cm³/mol. The molecule has 8 heteroatoms. The van der Waals surface area contributed by atoms with Crippen LogP contribution in [0.2, 0.25) is 0 Å². The van der Waals surface area contributed by atoms with E-state index in [1.807, 2.05) is 18.2 Å². The van der Waals surface area contributed by atoms with E-state index < -0.39 is 23.6 Å². The number of hydrogen-bond acceptors (Lipinski definition) is 3. The van der Waals surface area contributed by atoms with Gasteiger partial charge in [-0.05, 0) is 23.8 Å². The molecule has 0 saturated heterocycles. The number of carbonyl (C=O) groups excluding carboxylic acids is 2. The Morgan fingerprint density at radius 3 is 2.35 bits per heavy atom. The molecular formula is C18H16F3N3O2. The number of amides is 2. The number of anilines is 1. The number of hydrazone groups is 1. The summed E-state index contributed by atoms with van der Waals surface area (Å²) < 4.78 is 37.9. The van der Waals surface area contributed by atoms with E-state index in [1.54, 1.807) is 12.1 Å². The minimum Gasteiger partial charge on any atom is -0.326 e. The van der Waals surface area contributed by atoms with Gasteiger partial charge < -0.3 is 5.32 Å². The van der Waals surface area contributed by atoms with Crippen LogP contribution in [0, 0.1) is 0 Å². The molecule has 0 atom stereocenters. The van der Waals surface area contributed by atoms with Gasteiger partial charge in [-0.3, -0.25) is 9.59 Å². The summed E-state index contributed by atoms with van der Waals surface area (Å²) in [4.78, 5) is 23.4. The fraction of sp³-hybridized carbons (Fsp3) is 0.167. The lowest BCUT2D eigenvalue weighted by atomic mass is 10.2. The zero-order valence-electron chi connectivity index (χ0n) is 13.6. The number of alkyl halides is 3. The minimum absolute atomic E-state index is 0.0207. The van der Waals surface area contributed by atoms with E-state index in [1.165, 1.54) is 18.3 Å². The number of nitrogens with one attached hydrogen (secondary N) is 2. The second-order valence-corrected chi connectivity index (χ2v) is 5.33. The topological polar surface area (TPSA) is 70.6 Å². The number of carbonyl (C=O) groups is 2. The summed E-state index contributed by atoms with van der Waals surface area (Å²) in [5, 5.41) is 6.10. The van der Waals surface area contributed by atoms with Gasteiger partial charge in [-0.15, -0.1) is 0 Å². The Bertz CT molecular complexity index is 790. The molecule has 2 N–H and O–H groups in total. The molecule has 2 aromatic rings. The molecule has 0 heterocycles. The van der Waals surface area contributed by atoms with Crippen LogP contribution >= 0.6 is 0 Å². The molecule has 0 spiro atoms. The first-order valence-electron chi connectivity index (χ1n) is 7.68. The van der Waals surface area contributed by atoms with Crippen molar-refractivity contribution < 1.29 is 22.8 Å². The average molecular weight is 363 g/mol. The van der Waals surface area contributed by atoms with Gasteiger partial charge in [0.05, 0.1) is 11.8 Å². The third-order valence-electron chi connectivity index (χ3n) is 3.26. The van der Waals surface area contributed by atoms with Crippen molar-refractivity contribution >= 4 is 23.7 Å². The van der Waals surface area contributed by atoms with Gasteiger partial charge in [0.25, 0.3) is 0 Å². The zero-order valence-corrected chi connectivity index (χ0v) is 13.6. The molecule has 2 rings (SSSR count). The van der Waals surface area contributed by atoms with Crippen molar-refractivity contribution in [2.45, 2.75) is 19.0 Å². The van der Waals surface area contributed by atoms with Crippen molar-refractivity contribution in [2.75, 3.05) is 5.32 Å². The van der Waals surface area contributed by atoms with Crippen molar-refractivity contribution in [2.24, 2.45) is 5.10 Å². The largest absolute Gasteiger partial charge is 0.416 e. The highest BCUT2D eigenvalue weighted by Gasteiger charge is 2.30. The van der Waals surface area contributed by atoms with E-state index in [2.05, 4.69) is 15.8 Å². The summed E-state index contributed by atoms with van der Waals surface area (Å²) in [5.74, 6) is -1.04. The van der Waals surface area contributed by atoms with Gasteiger partial charge >= 0.3 is 6.18 Å². The average Bonchev–Trinajstić information content (AvgIpc) is 2.60. The lowest BCUT2D eigenvalue weighted by molar-refractivity contribution is -0.137. The molecule has 5 nitrogen and oxygen atoms in total. The first-order valence-corrected chi connectivity index (χ1v) is 7.68. The lowest BCUT2D eigenvalue weighted by Crippen LogP contribution is -2.20. The third kappa shape index (κ3) is 6.39. The number of halogens is 3. The predicted octanol–water partition coefficient (Wildman–Crippen LogP) is 3.57. The molecule has 0 saturated carbocycles. The van der Waals surface area contributed by atoms with E-state index in [-0.39, 0.29) is 18.5 Å². The number of rotatable bonds is 6. The summed E-state index contributed by atoms with van der Waals surface area (Å²) in [7, 11) is 0. The van der Waals surface area contributed by atoms with Crippen LogP contribution in [-0.2, 0) is 15.8 Å². The Kier molecular flexibility index (Phi) is 6.48. The molecule has 0 fully saturated rings. The molecule has 2 aromatic carbocycles. The maximum Gasteiger partial charge on any atom is 0.416 e. The van der Waals surface area contributed by atoms with Crippen molar-refractivity contribution in [1.82, 2.24) is 5.43 Å². The molecule has 26 heavy (non-hydrogen) atoms. The van der Waals surface area contributed by atoms with E-state index in [4.69, 9.17) is 0 Å². The molecule has 0 aliphatic rings. The van der Waals surface area contributed by atoms with Crippen molar-refractivity contribution in [3.63, 3.8) is 0 Å². The smallest absolute Gasteiger partial charge is 0.326 e. The van der Waals surface area contributed by atoms with Crippen LogP contribution in [0.3, 0.4) is 0 Å².